The van der Waals surface area contributed by atoms with Crippen LogP contribution >= 0.6 is 0 Å². The molecule has 2 aliphatic carbocycles. The molecule has 2 aliphatic heterocycles. The van der Waals surface area contributed by atoms with Gasteiger partial charge in [0, 0.05) is 36.6 Å². The van der Waals surface area contributed by atoms with Gasteiger partial charge in [-0.25, -0.2) is 5.43 Å². The van der Waals surface area contributed by atoms with Gasteiger partial charge in [-0.1, -0.05) is 12.8 Å². The van der Waals surface area contributed by atoms with Crippen molar-refractivity contribution in [1.29, 1.82) is 0 Å². The largest absolute Gasteiger partial charge is 0.448 e. The number of nitrogens with one attached hydrogen (secondary N) is 3. The van der Waals surface area contributed by atoms with Crippen LogP contribution in [0.25, 0.3) is 0 Å². The predicted molar refractivity (Wildman–Crippen MR) is 93.3 cm³/mol. The van der Waals surface area contributed by atoms with Crippen LogP contribution in [0.5, 0.6) is 11.5 Å². The first-order valence-corrected chi connectivity index (χ1v) is 9.56. The molecule has 0 radical (unpaired) electrons. The zero-order valence-electron chi connectivity index (χ0n) is 14.3. The molecule has 1 spiro atoms. The average molecular weight is 343 g/mol. The lowest BCUT2D eigenvalue weighted by Crippen LogP contribution is -2.42. The number of ether oxygens (including phenoxy) is 2. The van der Waals surface area contributed by atoms with Gasteiger partial charge in [-0.15, -0.1) is 0 Å². The van der Waals surface area contributed by atoms with Gasteiger partial charge >= 0.3 is 0 Å². The normalized spacial score (nSPS) is 31.9. The number of benzene rings is 1. The van der Waals surface area contributed by atoms with Gasteiger partial charge < -0.3 is 14.8 Å². The molecule has 5 rings (SSSR count). The summed E-state index contributed by atoms with van der Waals surface area (Å²) < 4.78 is 12.1. The zero-order valence-corrected chi connectivity index (χ0v) is 14.3. The molecule has 3 atom stereocenters. The Hall–Kier alpha value is -1.79. The molecular weight excluding hydrogens is 318 g/mol. The number of carbonyl (C=O) groups excluding carboxylic acids is 1. The van der Waals surface area contributed by atoms with Gasteiger partial charge in [-0.3, -0.25) is 10.2 Å². The number of amides is 1. The first-order chi connectivity index (χ1) is 12.2. The number of anilines is 1. The van der Waals surface area contributed by atoms with E-state index in [0.717, 1.165) is 55.7 Å². The van der Waals surface area contributed by atoms with Gasteiger partial charge in [0.2, 0.25) is 5.91 Å². The first kappa shape index (κ1) is 15.5. The SMILES string of the molecule is O=C(Nc1ccc2c(c1)OC1(CCCC1)O2)C1NNC2CCCCC21. The number of hydrazine groups is 1. The minimum Gasteiger partial charge on any atom is -0.448 e. The van der Waals surface area contributed by atoms with Crippen LogP contribution in [0.3, 0.4) is 0 Å². The summed E-state index contributed by atoms with van der Waals surface area (Å²) in [6.07, 6.45) is 8.85. The molecule has 1 saturated heterocycles. The molecule has 4 aliphatic rings. The van der Waals surface area contributed by atoms with Crippen LogP contribution in [0.1, 0.15) is 51.4 Å². The van der Waals surface area contributed by atoms with Crippen LogP contribution in [0.15, 0.2) is 18.2 Å². The number of fused-ring (bicyclic) bond motifs is 2. The second-order valence-electron chi connectivity index (χ2n) is 7.79. The second kappa shape index (κ2) is 5.88. The van der Waals surface area contributed by atoms with Crippen LogP contribution in [-0.4, -0.2) is 23.8 Å². The van der Waals surface area contributed by atoms with Gasteiger partial charge in [0.05, 0.1) is 0 Å². The third-order valence-electron chi connectivity index (χ3n) is 6.12. The van der Waals surface area contributed by atoms with Crippen molar-refractivity contribution >= 4 is 11.6 Å². The van der Waals surface area contributed by atoms with Crippen molar-refractivity contribution < 1.29 is 14.3 Å². The van der Waals surface area contributed by atoms with Crippen molar-refractivity contribution in [3.63, 3.8) is 0 Å². The van der Waals surface area contributed by atoms with Crippen LogP contribution in [0, 0.1) is 5.92 Å². The summed E-state index contributed by atoms with van der Waals surface area (Å²) in [6, 6.07) is 5.94. The first-order valence-electron chi connectivity index (χ1n) is 9.56. The zero-order chi connectivity index (χ0) is 16.9. The van der Waals surface area contributed by atoms with Crippen LogP contribution < -0.4 is 25.6 Å². The van der Waals surface area contributed by atoms with E-state index in [1.165, 1.54) is 12.8 Å². The van der Waals surface area contributed by atoms with E-state index in [9.17, 15) is 4.79 Å². The number of rotatable bonds is 2. The van der Waals surface area contributed by atoms with Gasteiger partial charge in [0.1, 0.15) is 6.04 Å². The predicted octanol–water partition coefficient (Wildman–Crippen LogP) is 2.70. The molecule has 3 N–H and O–H groups in total. The molecule has 134 valence electrons. The molecule has 6 heteroatoms. The van der Waals surface area contributed by atoms with Gasteiger partial charge in [0.15, 0.2) is 11.5 Å². The van der Waals surface area contributed by atoms with Crippen molar-refractivity contribution in [1.82, 2.24) is 10.9 Å². The highest BCUT2D eigenvalue weighted by Gasteiger charge is 2.44. The summed E-state index contributed by atoms with van der Waals surface area (Å²) in [4.78, 5) is 12.7. The molecule has 0 bridgehead atoms. The summed E-state index contributed by atoms with van der Waals surface area (Å²) in [5.74, 6) is 1.47. The van der Waals surface area contributed by atoms with E-state index in [0.29, 0.717) is 12.0 Å². The molecule has 1 amide bonds. The van der Waals surface area contributed by atoms with Crippen molar-refractivity contribution in [3.05, 3.63) is 18.2 Å². The minimum absolute atomic E-state index is 0.0244. The topological polar surface area (TPSA) is 71.6 Å². The summed E-state index contributed by atoms with van der Waals surface area (Å²) in [7, 11) is 0. The van der Waals surface area contributed by atoms with E-state index in [1.54, 1.807) is 0 Å². The maximum absolute atomic E-state index is 12.7. The van der Waals surface area contributed by atoms with Crippen molar-refractivity contribution in [2.45, 2.75) is 69.2 Å². The fourth-order valence-corrected chi connectivity index (χ4v) is 4.81. The summed E-state index contributed by atoms with van der Waals surface area (Å²) in [5.41, 5.74) is 7.25. The molecule has 3 fully saturated rings. The highest BCUT2D eigenvalue weighted by Crippen LogP contribution is 2.47. The van der Waals surface area contributed by atoms with E-state index in [2.05, 4.69) is 16.2 Å². The maximum Gasteiger partial charge on any atom is 0.251 e. The van der Waals surface area contributed by atoms with Crippen LogP contribution in [0.4, 0.5) is 5.69 Å². The van der Waals surface area contributed by atoms with E-state index in [-0.39, 0.29) is 11.9 Å². The van der Waals surface area contributed by atoms with Crippen LogP contribution in [0.2, 0.25) is 0 Å². The third kappa shape index (κ3) is 2.68. The van der Waals surface area contributed by atoms with E-state index >= 15 is 0 Å². The number of carbonyl (C=O) groups is 1. The van der Waals surface area contributed by atoms with Gasteiger partial charge in [-0.2, -0.15) is 0 Å². The smallest absolute Gasteiger partial charge is 0.251 e. The summed E-state index contributed by atoms with van der Waals surface area (Å²) in [5, 5.41) is 3.05. The van der Waals surface area contributed by atoms with Crippen molar-refractivity contribution in [3.8, 4) is 11.5 Å². The summed E-state index contributed by atoms with van der Waals surface area (Å²) in [6.45, 7) is 0. The van der Waals surface area contributed by atoms with E-state index in [4.69, 9.17) is 9.47 Å². The lowest BCUT2D eigenvalue weighted by atomic mass is 9.81. The molecule has 0 aromatic heterocycles. The second-order valence-corrected chi connectivity index (χ2v) is 7.79. The molecular formula is C19H25N3O3. The lowest BCUT2D eigenvalue weighted by molar-refractivity contribution is -0.118. The summed E-state index contributed by atoms with van der Waals surface area (Å²) >= 11 is 0. The molecule has 1 aromatic rings. The Morgan fingerprint density at radius 3 is 2.72 bits per heavy atom. The fourth-order valence-electron chi connectivity index (χ4n) is 4.81. The van der Waals surface area contributed by atoms with Crippen molar-refractivity contribution in [2.24, 2.45) is 5.92 Å². The van der Waals surface area contributed by atoms with E-state index < -0.39 is 5.79 Å². The standard InChI is InChI=1S/C19H25N3O3/c23-18(17-13-5-1-2-6-14(13)21-22-17)20-12-7-8-15-16(11-12)25-19(24-15)9-3-4-10-19/h7-8,11,13-14,17,21-22H,1-6,9-10H2,(H,20,23). The Kier molecular flexibility index (Phi) is 3.64. The Labute approximate surface area is 147 Å². The molecule has 1 aromatic carbocycles. The van der Waals surface area contributed by atoms with Gasteiger partial charge in [0.25, 0.3) is 5.79 Å². The maximum atomic E-state index is 12.7. The Morgan fingerprint density at radius 1 is 1.04 bits per heavy atom. The molecule has 2 saturated carbocycles. The molecule has 25 heavy (non-hydrogen) atoms. The van der Waals surface area contributed by atoms with E-state index in [1.807, 2.05) is 18.2 Å². The quantitative estimate of drug-likeness (QED) is 0.770. The number of hydrogen-bond donors (Lipinski definition) is 3. The Balaban J connectivity index is 1.28. The van der Waals surface area contributed by atoms with Gasteiger partial charge in [-0.05, 0) is 37.8 Å². The lowest BCUT2D eigenvalue weighted by Gasteiger charge is -2.26. The Morgan fingerprint density at radius 2 is 1.84 bits per heavy atom. The molecule has 3 unspecified atom stereocenters. The molecule has 2 heterocycles. The van der Waals surface area contributed by atoms with Crippen molar-refractivity contribution in [2.75, 3.05) is 5.32 Å². The molecule has 6 nitrogen and oxygen atoms in total. The monoisotopic (exact) mass is 343 g/mol. The highest BCUT2D eigenvalue weighted by molar-refractivity contribution is 5.95. The highest BCUT2D eigenvalue weighted by atomic mass is 16.7. The number of hydrogen-bond acceptors (Lipinski definition) is 5. The average Bonchev–Trinajstić information content (AvgIpc) is 3.32. The minimum atomic E-state index is -0.461. The third-order valence-corrected chi connectivity index (χ3v) is 6.12. The Bertz CT molecular complexity index is 686. The fraction of sp³-hybridized carbons (Fsp3) is 0.632. The van der Waals surface area contributed by atoms with Crippen LogP contribution in [-0.2, 0) is 4.79 Å².